The van der Waals surface area contributed by atoms with Gasteiger partial charge in [-0.2, -0.15) is 0 Å². The minimum atomic E-state index is -0.803. The zero-order valence-corrected chi connectivity index (χ0v) is 11.5. The Morgan fingerprint density at radius 2 is 2.00 bits per heavy atom. The lowest BCUT2D eigenvalue weighted by Crippen LogP contribution is -2.16. The molecular formula is C16H15F2NO2. The van der Waals surface area contributed by atoms with Crippen LogP contribution in [-0.2, 0) is 4.79 Å². The SMILES string of the molecule is Cc1cccc(OCCC(=O)Nc2ccc(F)cc2F)c1. The quantitative estimate of drug-likeness (QED) is 0.912. The maximum atomic E-state index is 13.4. The number of carbonyl (C=O) groups is 1. The van der Waals surface area contributed by atoms with Gasteiger partial charge in [-0.05, 0) is 36.8 Å². The highest BCUT2D eigenvalue weighted by Crippen LogP contribution is 2.15. The lowest BCUT2D eigenvalue weighted by atomic mass is 10.2. The molecule has 0 fully saturated rings. The highest BCUT2D eigenvalue weighted by Gasteiger charge is 2.08. The number of hydrogen-bond acceptors (Lipinski definition) is 2. The van der Waals surface area contributed by atoms with Crippen molar-refractivity contribution in [2.45, 2.75) is 13.3 Å². The van der Waals surface area contributed by atoms with Crippen LogP contribution in [0, 0.1) is 18.6 Å². The first-order chi connectivity index (χ1) is 10.0. The summed E-state index contributed by atoms with van der Waals surface area (Å²) in [4.78, 5) is 11.7. The Bertz CT molecular complexity index is 644. The molecule has 0 saturated heterocycles. The summed E-state index contributed by atoms with van der Waals surface area (Å²) in [6.07, 6.45) is 0.0742. The summed E-state index contributed by atoms with van der Waals surface area (Å²) in [6.45, 7) is 2.12. The van der Waals surface area contributed by atoms with Gasteiger partial charge in [0.1, 0.15) is 17.4 Å². The average Bonchev–Trinajstić information content (AvgIpc) is 2.42. The summed E-state index contributed by atoms with van der Waals surface area (Å²) in [6, 6.07) is 10.4. The van der Waals surface area contributed by atoms with Gasteiger partial charge in [-0.15, -0.1) is 0 Å². The minimum absolute atomic E-state index is 0.0445. The summed E-state index contributed by atoms with van der Waals surface area (Å²) in [5.41, 5.74) is 1.02. The monoisotopic (exact) mass is 291 g/mol. The molecular weight excluding hydrogens is 276 g/mol. The van der Waals surface area contributed by atoms with E-state index in [2.05, 4.69) is 5.32 Å². The van der Waals surface area contributed by atoms with Gasteiger partial charge >= 0.3 is 0 Å². The largest absolute Gasteiger partial charge is 0.493 e. The zero-order valence-electron chi connectivity index (χ0n) is 11.5. The molecule has 110 valence electrons. The molecule has 0 aliphatic rings. The number of carbonyl (C=O) groups excluding carboxylic acids is 1. The van der Waals surface area contributed by atoms with Gasteiger partial charge in [0.2, 0.25) is 5.91 Å². The van der Waals surface area contributed by atoms with E-state index < -0.39 is 17.5 Å². The van der Waals surface area contributed by atoms with Crippen LogP contribution in [-0.4, -0.2) is 12.5 Å². The van der Waals surface area contributed by atoms with Gasteiger partial charge in [0.15, 0.2) is 0 Å². The van der Waals surface area contributed by atoms with Crippen LogP contribution in [0.15, 0.2) is 42.5 Å². The first kappa shape index (κ1) is 15.0. The van der Waals surface area contributed by atoms with Crippen LogP contribution in [0.1, 0.15) is 12.0 Å². The highest BCUT2D eigenvalue weighted by molar-refractivity contribution is 5.90. The molecule has 0 aliphatic carbocycles. The van der Waals surface area contributed by atoms with Crippen LogP contribution < -0.4 is 10.1 Å². The molecule has 0 heterocycles. The molecule has 0 aromatic heterocycles. The van der Waals surface area contributed by atoms with E-state index in [0.29, 0.717) is 5.75 Å². The first-order valence-corrected chi connectivity index (χ1v) is 6.49. The summed E-state index contributed by atoms with van der Waals surface area (Å²) in [5, 5.41) is 2.37. The van der Waals surface area contributed by atoms with E-state index in [4.69, 9.17) is 4.74 Å². The molecule has 1 amide bonds. The Morgan fingerprint density at radius 1 is 1.19 bits per heavy atom. The van der Waals surface area contributed by atoms with Crippen molar-refractivity contribution in [3.63, 3.8) is 0 Å². The molecule has 2 aromatic carbocycles. The van der Waals surface area contributed by atoms with Crippen molar-refractivity contribution in [1.82, 2.24) is 0 Å². The second-order valence-corrected chi connectivity index (χ2v) is 4.59. The summed E-state index contributed by atoms with van der Waals surface area (Å²) in [7, 11) is 0. The molecule has 0 radical (unpaired) electrons. The van der Waals surface area contributed by atoms with E-state index in [9.17, 15) is 13.6 Å². The van der Waals surface area contributed by atoms with Gasteiger partial charge in [0.05, 0.1) is 18.7 Å². The maximum Gasteiger partial charge on any atom is 0.227 e. The lowest BCUT2D eigenvalue weighted by molar-refractivity contribution is -0.116. The molecule has 21 heavy (non-hydrogen) atoms. The molecule has 2 aromatic rings. The van der Waals surface area contributed by atoms with Gasteiger partial charge in [-0.3, -0.25) is 4.79 Å². The fraction of sp³-hybridized carbons (Fsp3) is 0.188. The number of anilines is 1. The molecule has 5 heteroatoms. The summed E-state index contributed by atoms with van der Waals surface area (Å²) < 4.78 is 31.5. The van der Waals surface area contributed by atoms with Crippen LogP contribution >= 0.6 is 0 Å². The van der Waals surface area contributed by atoms with E-state index in [0.717, 1.165) is 17.7 Å². The van der Waals surface area contributed by atoms with Crippen molar-refractivity contribution in [3.05, 3.63) is 59.7 Å². The number of halogens is 2. The number of nitrogens with one attached hydrogen (secondary N) is 1. The summed E-state index contributed by atoms with van der Waals surface area (Å²) >= 11 is 0. The second-order valence-electron chi connectivity index (χ2n) is 4.59. The van der Waals surface area contributed by atoms with E-state index >= 15 is 0 Å². The van der Waals surface area contributed by atoms with Crippen molar-refractivity contribution in [1.29, 1.82) is 0 Å². The molecule has 2 rings (SSSR count). The second kappa shape index (κ2) is 6.83. The van der Waals surface area contributed by atoms with Gasteiger partial charge in [-0.25, -0.2) is 8.78 Å². The molecule has 0 bridgehead atoms. The van der Waals surface area contributed by atoms with Crippen molar-refractivity contribution in [2.24, 2.45) is 0 Å². The minimum Gasteiger partial charge on any atom is -0.493 e. The van der Waals surface area contributed by atoms with Crippen LogP contribution in [0.3, 0.4) is 0 Å². The number of amides is 1. The Labute approximate surface area is 121 Å². The first-order valence-electron chi connectivity index (χ1n) is 6.49. The Balaban J connectivity index is 1.82. The van der Waals surface area contributed by atoms with E-state index in [1.165, 1.54) is 6.07 Å². The van der Waals surface area contributed by atoms with Gasteiger partial charge < -0.3 is 10.1 Å². The van der Waals surface area contributed by atoms with Crippen LogP contribution in [0.4, 0.5) is 14.5 Å². The molecule has 3 nitrogen and oxygen atoms in total. The number of rotatable bonds is 5. The lowest BCUT2D eigenvalue weighted by Gasteiger charge is -2.08. The van der Waals surface area contributed by atoms with E-state index in [1.807, 2.05) is 25.1 Å². The van der Waals surface area contributed by atoms with Crippen molar-refractivity contribution in [2.75, 3.05) is 11.9 Å². The van der Waals surface area contributed by atoms with Crippen LogP contribution in [0.25, 0.3) is 0 Å². The van der Waals surface area contributed by atoms with Gasteiger partial charge in [-0.1, -0.05) is 12.1 Å². The van der Waals surface area contributed by atoms with Crippen molar-refractivity contribution < 1.29 is 18.3 Å². The normalized spacial score (nSPS) is 10.2. The van der Waals surface area contributed by atoms with Crippen LogP contribution in [0.2, 0.25) is 0 Å². The Kier molecular flexibility index (Phi) is 4.87. The third-order valence-electron chi connectivity index (χ3n) is 2.79. The molecule has 0 saturated carbocycles. The Morgan fingerprint density at radius 3 is 2.71 bits per heavy atom. The van der Waals surface area contributed by atoms with Gasteiger partial charge in [0.25, 0.3) is 0 Å². The summed E-state index contributed by atoms with van der Waals surface area (Å²) in [5.74, 6) is -1.21. The average molecular weight is 291 g/mol. The predicted octanol–water partition coefficient (Wildman–Crippen LogP) is 3.68. The highest BCUT2D eigenvalue weighted by atomic mass is 19.1. The maximum absolute atomic E-state index is 13.4. The van der Waals surface area contributed by atoms with E-state index in [-0.39, 0.29) is 18.7 Å². The predicted molar refractivity (Wildman–Crippen MR) is 76.3 cm³/mol. The van der Waals surface area contributed by atoms with Crippen molar-refractivity contribution >= 4 is 11.6 Å². The fourth-order valence-electron chi connectivity index (χ4n) is 1.77. The molecule has 0 aliphatic heterocycles. The fourth-order valence-corrected chi connectivity index (χ4v) is 1.77. The molecule has 0 unspecified atom stereocenters. The Hall–Kier alpha value is -2.43. The number of benzene rings is 2. The van der Waals surface area contributed by atoms with Crippen LogP contribution in [0.5, 0.6) is 5.75 Å². The molecule has 0 atom stereocenters. The third kappa shape index (κ3) is 4.56. The number of ether oxygens (including phenoxy) is 1. The third-order valence-corrected chi connectivity index (χ3v) is 2.79. The zero-order chi connectivity index (χ0) is 15.2. The topological polar surface area (TPSA) is 38.3 Å². The van der Waals surface area contributed by atoms with Gasteiger partial charge in [0, 0.05) is 6.07 Å². The molecule has 1 N–H and O–H groups in total. The standard InChI is InChI=1S/C16H15F2NO2/c1-11-3-2-4-13(9-11)21-8-7-16(20)19-15-6-5-12(17)10-14(15)18/h2-6,9-10H,7-8H2,1H3,(H,19,20). The van der Waals surface area contributed by atoms with Crippen molar-refractivity contribution in [3.8, 4) is 5.75 Å². The number of hydrogen-bond donors (Lipinski definition) is 1. The smallest absolute Gasteiger partial charge is 0.227 e. The molecule has 0 spiro atoms. The van der Waals surface area contributed by atoms with E-state index in [1.54, 1.807) is 6.07 Å². The number of aryl methyl sites for hydroxylation is 1.